The van der Waals surface area contributed by atoms with Crippen molar-refractivity contribution in [3.8, 4) is 0 Å². The van der Waals surface area contributed by atoms with E-state index in [-0.39, 0.29) is 11.9 Å². The Morgan fingerprint density at radius 2 is 1.95 bits per heavy atom. The van der Waals surface area contributed by atoms with Crippen LogP contribution in [0.4, 0.5) is 11.4 Å². The fraction of sp³-hybridized carbons (Fsp3) is 0.188. The molecule has 0 spiro atoms. The summed E-state index contributed by atoms with van der Waals surface area (Å²) in [6.45, 7) is 1.98. The number of nitrogen functional groups attached to an aromatic ring is 1. The van der Waals surface area contributed by atoms with Crippen LogP contribution in [-0.2, 0) is 0 Å². The molecule has 0 bridgehead atoms. The van der Waals surface area contributed by atoms with Gasteiger partial charge in [0, 0.05) is 23.4 Å². The Morgan fingerprint density at radius 3 is 2.62 bits per heavy atom. The van der Waals surface area contributed by atoms with Crippen molar-refractivity contribution >= 4 is 28.9 Å². The van der Waals surface area contributed by atoms with Crippen molar-refractivity contribution < 1.29 is 4.79 Å². The zero-order chi connectivity index (χ0) is 15.4. The third-order valence-electron chi connectivity index (χ3n) is 3.26. The summed E-state index contributed by atoms with van der Waals surface area (Å²) in [4.78, 5) is 11.9. The lowest BCUT2D eigenvalue weighted by Gasteiger charge is -2.19. The number of halogens is 1. The van der Waals surface area contributed by atoms with E-state index in [1.54, 1.807) is 25.2 Å². The summed E-state index contributed by atoms with van der Waals surface area (Å²) in [5.74, 6) is -0.163. The molecule has 0 radical (unpaired) electrons. The molecule has 0 aliphatic heterocycles. The van der Waals surface area contributed by atoms with Crippen molar-refractivity contribution in [1.29, 1.82) is 0 Å². The fourth-order valence-corrected chi connectivity index (χ4v) is 2.45. The van der Waals surface area contributed by atoms with E-state index in [1.807, 2.05) is 31.2 Å². The second-order valence-electron chi connectivity index (χ2n) is 4.77. The highest BCUT2D eigenvalue weighted by Gasteiger charge is 2.14. The van der Waals surface area contributed by atoms with Crippen LogP contribution in [0, 0.1) is 0 Å². The average molecular weight is 304 g/mol. The first kappa shape index (κ1) is 15.2. The molecule has 0 saturated carbocycles. The molecule has 4 N–H and O–H groups in total. The van der Waals surface area contributed by atoms with Crippen LogP contribution in [0.3, 0.4) is 0 Å². The smallest absolute Gasteiger partial charge is 0.253 e. The molecule has 0 aliphatic carbocycles. The van der Waals surface area contributed by atoms with E-state index in [0.717, 1.165) is 5.56 Å². The van der Waals surface area contributed by atoms with Gasteiger partial charge in [-0.3, -0.25) is 4.79 Å². The topological polar surface area (TPSA) is 67.2 Å². The minimum atomic E-state index is -0.163. The first-order chi connectivity index (χ1) is 10.0. The predicted octanol–water partition coefficient (Wildman–Crippen LogP) is 3.45. The molecule has 0 saturated heterocycles. The minimum absolute atomic E-state index is 0.0519. The van der Waals surface area contributed by atoms with Crippen molar-refractivity contribution in [2.24, 2.45) is 0 Å². The number of rotatable bonds is 4. The van der Waals surface area contributed by atoms with Crippen LogP contribution in [0.1, 0.15) is 28.9 Å². The van der Waals surface area contributed by atoms with Gasteiger partial charge in [-0.2, -0.15) is 0 Å². The molecular weight excluding hydrogens is 286 g/mol. The van der Waals surface area contributed by atoms with Gasteiger partial charge in [-0.05, 0) is 36.8 Å². The molecule has 2 aromatic carbocycles. The molecule has 5 heteroatoms. The van der Waals surface area contributed by atoms with E-state index in [9.17, 15) is 4.79 Å². The highest BCUT2D eigenvalue weighted by atomic mass is 35.5. The zero-order valence-corrected chi connectivity index (χ0v) is 12.7. The molecule has 0 fully saturated rings. The monoisotopic (exact) mass is 303 g/mol. The molecule has 21 heavy (non-hydrogen) atoms. The van der Waals surface area contributed by atoms with Crippen molar-refractivity contribution in [2.75, 3.05) is 18.1 Å². The number of anilines is 2. The quantitative estimate of drug-likeness (QED) is 0.758. The summed E-state index contributed by atoms with van der Waals surface area (Å²) >= 11 is 6.20. The first-order valence-electron chi connectivity index (χ1n) is 6.65. The van der Waals surface area contributed by atoms with E-state index < -0.39 is 0 Å². The molecule has 0 aromatic heterocycles. The Labute approximate surface area is 129 Å². The normalized spacial score (nSPS) is 11.8. The Balaban J connectivity index is 2.32. The van der Waals surface area contributed by atoms with E-state index in [1.165, 1.54) is 0 Å². The second-order valence-corrected chi connectivity index (χ2v) is 5.18. The van der Waals surface area contributed by atoms with Crippen LogP contribution in [0.2, 0.25) is 5.02 Å². The van der Waals surface area contributed by atoms with Crippen molar-refractivity contribution in [3.05, 3.63) is 58.6 Å². The van der Waals surface area contributed by atoms with Gasteiger partial charge in [0.2, 0.25) is 0 Å². The van der Waals surface area contributed by atoms with Gasteiger partial charge in [0.05, 0.1) is 11.6 Å². The number of hydrogen-bond donors (Lipinski definition) is 3. The number of hydrogen-bond acceptors (Lipinski definition) is 3. The van der Waals surface area contributed by atoms with Gasteiger partial charge in [-0.25, -0.2) is 0 Å². The summed E-state index contributed by atoms with van der Waals surface area (Å²) in [7, 11) is 1.60. The lowest BCUT2D eigenvalue weighted by atomic mass is 10.1. The zero-order valence-electron chi connectivity index (χ0n) is 12.0. The molecule has 0 aliphatic rings. The Kier molecular flexibility index (Phi) is 4.70. The first-order valence-corrected chi connectivity index (χ1v) is 7.03. The maximum absolute atomic E-state index is 11.9. The highest BCUT2D eigenvalue weighted by Crippen LogP contribution is 2.28. The van der Waals surface area contributed by atoms with Crippen LogP contribution in [0.25, 0.3) is 0 Å². The molecule has 4 nitrogen and oxygen atoms in total. The van der Waals surface area contributed by atoms with Gasteiger partial charge in [-0.1, -0.05) is 29.8 Å². The summed E-state index contributed by atoms with van der Waals surface area (Å²) in [5, 5.41) is 6.60. The van der Waals surface area contributed by atoms with Crippen molar-refractivity contribution in [2.45, 2.75) is 13.0 Å². The molecule has 1 amide bonds. The molecule has 2 rings (SSSR count). The lowest BCUT2D eigenvalue weighted by Crippen LogP contribution is -2.20. The number of nitrogens with two attached hydrogens (primary N) is 1. The summed E-state index contributed by atoms with van der Waals surface area (Å²) < 4.78 is 0. The molecular formula is C16H18ClN3O. The van der Waals surface area contributed by atoms with Gasteiger partial charge in [0.1, 0.15) is 0 Å². The molecule has 0 heterocycles. The fourth-order valence-electron chi connectivity index (χ4n) is 2.15. The number of benzene rings is 2. The second kappa shape index (κ2) is 6.50. The standard InChI is InChI=1S/C16H18ClN3O/c1-10(12-5-3-4-6-14(12)17)20-15-9-11(18)7-8-13(15)16(21)19-2/h3-10,20H,18H2,1-2H3,(H,19,21). The van der Waals surface area contributed by atoms with Crippen LogP contribution >= 0.6 is 11.6 Å². The molecule has 1 unspecified atom stereocenters. The lowest BCUT2D eigenvalue weighted by molar-refractivity contribution is 0.0964. The van der Waals surface area contributed by atoms with E-state index >= 15 is 0 Å². The van der Waals surface area contributed by atoms with Crippen LogP contribution < -0.4 is 16.4 Å². The van der Waals surface area contributed by atoms with Crippen LogP contribution in [0.5, 0.6) is 0 Å². The Morgan fingerprint density at radius 1 is 1.24 bits per heavy atom. The van der Waals surface area contributed by atoms with Crippen molar-refractivity contribution in [3.63, 3.8) is 0 Å². The third-order valence-corrected chi connectivity index (χ3v) is 3.60. The number of amides is 1. The Bertz CT molecular complexity index is 658. The summed E-state index contributed by atoms with van der Waals surface area (Å²) in [5.41, 5.74) is 8.60. The SMILES string of the molecule is CNC(=O)c1ccc(N)cc1NC(C)c1ccccc1Cl. The van der Waals surface area contributed by atoms with Gasteiger partial charge >= 0.3 is 0 Å². The molecule has 2 aromatic rings. The number of carbonyl (C=O) groups excluding carboxylic acids is 1. The molecule has 1 atom stereocenters. The largest absolute Gasteiger partial charge is 0.399 e. The third kappa shape index (κ3) is 3.47. The van der Waals surface area contributed by atoms with Gasteiger partial charge in [0.15, 0.2) is 0 Å². The predicted molar refractivity (Wildman–Crippen MR) is 87.7 cm³/mol. The van der Waals surface area contributed by atoms with E-state index in [0.29, 0.717) is 22.0 Å². The summed E-state index contributed by atoms with van der Waals surface area (Å²) in [6, 6.07) is 12.7. The average Bonchev–Trinajstić information content (AvgIpc) is 2.47. The van der Waals surface area contributed by atoms with Crippen LogP contribution in [-0.4, -0.2) is 13.0 Å². The number of carbonyl (C=O) groups is 1. The van der Waals surface area contributed by atoms with E-state index in [4.69, 9.17) is 17.3 Å². The van der Waals surface area contributed by atoms with Gasteiger partial charge in [-0.15, -0.1) is 0 Å². The highest BCUT2D eigenvalue weighted by molar-refractivity contribution is 6.31. The minimum Gasteiger partial charge on any atom is -0.399 e. The Hall–Kier alpha value is -2.20. The van der Waals surface area contributed by atoms with Gasteiger partial charge in [0.25, 0.3) is 5.91 Å². The van der Waals surface area contributed by atoms with Gasteiger partial charge < -0.3 is 16.4 Å². The van der Waals surface area contributed by atoms with Crippen molar-refractivity contribution in [1.82, 2.24) is 5.32 Å². The number of nitrogens with one attached hydrogen (secondary N) is 2. The molecule has 110 valence electrons. The maximum Gasteiger partial charge on any atom is 0.253 e. The maximum atomic E-state index is 11.9. The summed E-state index contributed by atoms with van der Waals surface area (Å²) in [6.07, 6.45) is 0. The van der Waals surface area contributed by atoms with Crippen LogP contribution in [0.15, 0.2) is 42.5 Å². The van der Waals surface area contributed by atoms with E-state index in [2.05, 4.69) is 10.6 Å².